The van der Waals surface area contributed by atoms with Crippen LogP contribution >= 0.6 is 23.2 Å². The Morgan fingerprint density at radius 1 is 1.28 bits per heavy atom. The molecule has 138 valence electrons. The maximum absolute atomic E-state index is 13.4. The van der Waals surface area contributed by atoms with Gasteiger partial charge in [0.1, 0.15) is 6.04 Å². The summed E-state index contributed by atoms with van der Waals surface area (Å²) in [6.07, 6.45) is 2.12. The number of ether oxygens (including phenoxy) is 1. The van der Waals surface area contributed by atoms with E-state index in [-0.39, 0.29) is 11.9 Å². The molecule has 7 heteroatoms. The average molecular weight is 386 g/mol. The van der Waals surface area contributed by atoms with Crippen molar-refractivity contribution in [1.82, 2.24) is 15.1 Å². The molecule has 1 aromatic rings. The smallest absolute Gasteiger partial charge is 0.244 e. The van der Waals surface area contributed by atoms with Crippen LogP contribution < -0.4 is 5.32 Å². The van der Waals surface area contributed by atoms with Crippen molar-refractivity contribution in [1.29, 1.82) is 0 Å². The Bertz CT molecular complexity index is 608. The molecule has 0 saturated carbocycles. The third-order valence-electron chi connectivity index (χ3n) is 5.04. The summed E-state index contributed by atoms with van der Waals surface area (Å²) >= 11 is 12.5. The molecule has 2 unspecified atom stereocenters. The second kappa shape index (κ2) is 8.69. The van der Waals surface area contributed by atoms with Gasteiger partial charge in [-0.2, -0.15) is 0 Å². The Balaban J connectivity index is 1.88. The average Bonchev–Trinajstić information content (AvgIpc) is 2.64. The van der Waals surface area contributed by atoms with Crippen LogP contribution in [0.3, 0.4) is 0 Å². The summed E-state index contributed by atoms with van der Waals surface area (Å²) in [6, 6.07) is 5.36. The number of nitrogens with one attached hydrogen (secondary N) is 1. The molecule has 1 amide bonds. The van der Waals surface area contributed by atoms with Crippen molar-refractivity contribution >= 4 is 29.1 Å². The number of halogens is 2. The highest BCUT2D eigenvalue weighted by Crippen LogP contribution is 2.32. The quantitative estimate of drug-likeness (QED) is 0.864. The van der Waals surface area contributed by atoms with Gasteiger partial charge < -0.3 is 15.0 Å². The summed E-state index contributed by atoms with van der Waals surface area (Å²) in [5, 5.41) is 4.41. The summed E-state index contributed by atoms with van der Waals surface area (Å²) in [7, 11) is 1.95. The van der Waals surface area contributed by atoms with Crippen LogP contribution in [0.2, 0.25) is 10.0 Å². The number of likely N-dealkylation sites (tertiary alicyclic amines) is 1. The van der Waals surface area contributed by atoms with E-state index in [0.717, 1.165) is 44.6 Å². The molecule has 25 heavy (non-hydrogen) atoms. The highest BCUT2D eigenvalue weighted by atomic mass is 35.5. The summed E-state index contributed by atoms with van der Waals surface area (Å²) in [5.74, 6) is 0.117. The molecule has 2 aliphatic rings. The van der Waals surface area contributed by atoms with Gasteiger partial charge in [-0.25, -0.2) is 0 Å². The maximum atomic E-state index is 13.4. The van der Waals surface area contributed by atoms with Crippen LogP contribution in [0.1, 0.15) is 24.4 Å². The molecule has 0 radical (unpaired) electrons. The van der Waals surface area contributed by atoms with E-state index in [9.17, 15) is 4.79 Å². The van der Waals surface area contributed by atoms with Crippen molar-refractivity contribution in [2.75, 3.05) is 46.4 Å². The van der Waals surface area contributed by atoms with E-state index in [2.05, 4.69) is 10.2 Å². The Hall–Kier alpha value is -0.850. The van der Waals surface area contributed by atoms with Crippen LogP contribution in [0.5, 0.6) is 0 Å². The number of amides is 1. The SMILES string of the molecule is CNC1CCCN(C(=O)C(c2ccc(Cl)cc2Cl)N2CCOCC2)C1. The van der Waals surface area contributed by atoms with Crippen molar-refractivity contribution in [3.63, 3.8) is 0 Å². The topological polar surface area (TPSA) is 44.8 Å². The standard InChI is InChI=1S/C18H25Cl2N3O2/c1-21-14-3-2-6-23(12-14)18(24)17(22-7-9-25-10-8-22)15-5-4-13(19)11-16(15)20/h4-5,11,14,17,21H,2-3,6-10,12H2,1H3. The summed E-state index contributed by atoms with van der Waals surface area (Å²) in [4.78, 5) is 17.6. The van der Waals surface area contributed by atoms with E-state index in [1.807, 2.05) is 18.0 Å². The Kier molecular flexibility index (Phi) is 6.58. The van der Waals surface area contributed by atoms with Crippen LogP contribution in [0.4, 0.5) is 0 Å². The highest BCUT2D eigenvalue weighted by molar-refractivity contribution is 6.35. The molecule has 0 aromatic heterocycles. The minimum atomic E-state index is -0.385. The number of piperidine rings is 1. The minimum absolute atomic E-state index is 0.117. The molecule has 1 N–H and O–H groups in total. The number of carbonyl (C=O) groups excluding carboxylic acids is 1. The van der Waals surface area contributed by atoms with Crippen molar-refractivity contribution in [3.8, 4) is 0 Å². The first-order valence-electron chi connectivity index (χ1n) is 8.83. The molecule has 0 aliphatic carbocycles. The van der Waals surface area contributed by atoms with Gasteiger partial charge >= 0.3 is 0 Å². The second-order valence-corrected chi connectivity index (χ2v) is 7.47. The number of likely N-dealkylation sites (N-methyl/N-ethyl adjacent to an activating group) is 1. The van der Waals surface area contributed by atoms with Gasteiger partial charge in [-0.05, 0) is 37.6 Å². The lowest BCUT2D eigenvalue weighted by Crippen LogP contribution is -2.52. The lowest BCUT2D eigenvalue weighted by molar-refractivity contribution is -0.140. The van der Waals surface area contributed by atoms with Crippen LogP contribution in [0.15, 0.2) is 18.2 Å². The zero-order valence-corrected chi connectivity index (χ0v) is 16.0. The first kappa shape index (κ1) is 18.9. The lowest BCUT2D eigenvalue weighted by atomic mass is 10.00. The molecule has 2 saturated heterocycles. The van der Waals surface area contributed by atoms with Gasteiger partial charge in [0, 0.05) is 42.3 Å². The second-order valence-electron chi connectivity index (χ2n) is 6.63. The predicted octanol–water partition coefficient (Wildman–Crippen LogP) is 2.58. The number of nitrogens with zero attached hydrogens (tertiary/aromatic N) is 2. The first-order valence-corrected chi connectivity index (χ1v) is 9.58. The molecular weight excluding hydrogens is 361 g/mol. The van der Waals surface area contributed by atoms with E-state index in [4.69, 9.17) is 27.9 Å². The molecule has 0 spiro atoms. The van der Waals surface area contributed by atoms with E-state index >= 15 is 0 Å². The highest BCUT2D eigenvalue weighted by Gasteiger charge is 2.35. The molecular formula is C18H25Cl2N3O2. The fourth-order valence-corrected chi connectivity index (χ4v) is 4.14. The molecule has 2 fully saturated rings. The largest absolute Gasteiger partial charge is 0.379 e. The predicted molar refractivity (Wildman–Crippen MR) is 100 cm³/mol. The maximum Gasteiger partial charge on any atom is 0.244 e. The fraction of sp³-hybridized carbons (Fsp3) is 0.611. The van der Waals surface area contributed by atoms with Gasteiger partial charge in [-0.1, -0.05) is 29.3 Å². The molecule has 3 rings (SSSR count). The van der Waals surface area contributed by atoms with Crippen LogP contribution in [0.25, 0.3) is 0 Å². The number of rotatable bonds is 4. The zero-order chi connectivity index (χ0) is 17.8. The van der Waals surface area contributed by atoms with Gasteiger partial charge in [0.2, 0.25) is 5.91 Å². The Morgan fingerprint density at radius 3 is 2.72 bits per heavy atom. The van der Waals surface area contributed by atoms with Crippen LogP contribution in [-0.2, 0) is 9.53 Å². The van der Waals surface area contributed by atoms with Crippen LogP contribution in [-0.4, -0.2) is 68.2 Å². The summed E-state index contributed by atoms with van der Waals surface area (Å²) < 4.78 is 5.46. The number of carbonyl (C=O) groups is 1. The monoisotopic (exact) mass is 385 g/mol. The zero-order valence-electron chi connectivity index (χ0n) is 14.5. The summed E-state index contributed by atoms with van der Waals surface area (Å²) in [5.41, 5.74) is 0.824. The van der Waals surface area contributed by atoms with Gasteiger partial charge in [-0.3, -0.25) is 9.69 Å². The molecule has 5 nitrogen and oxygen atoms in total. The van der Waals surface area contributed by atoms with E-state index in [0.29, 0.717) is 29.3 Å². The molecule has 1 aromatic carbocycles. The Morgan fingerprint density at radius 2 is 2.04 bits per heavy atom. The van der Waals surface area contributed by atoms with Gasteiger partial charge in [-0.15, -0.1) is 0 Å². The van der Waals surface area contributed by atoms with Crippen molar-refractivity contribution < 1.29 is 9.53 Å². The van der Waals surface area contributed by atoms with Gasteiger partial charge in [0.05, 0.1) is 13.2 Å². The summed E-state index contributed by atoms with van der Waals surface area (Å²) in [6.45, 7) is 4.24. The lowest BCUT2D eigenvalue weighted by Gasteiger charge is -2.40. The molecule has 2 heterocycles. The fourth-order valence-electron chi connectivity index (χ4n) is 3.63. The van der Waals surface area contributed by atoms with Crippen molar-refractivity contribution in [2.24, 2.45) is 0 Å². The normalized spacial score (nSPS) is 23.5. The number of benzene rings is 1. The first-order chi connectivity index (χ1) is 12.1. The molecule has 2 aliphatic heterocycles. The minimum Gasteiger partial charge on any atom is -0.379 e. The number of morpholine rings is 1. The van der Waals surface area contributed by atoms with E-state index < -0.39 is 0 Å². The number of hydrogen-bond donors (Lipinski definition) is 1. The third-order valence-corrected chi connectivity index (χ3v) is 5.61. The van der Waals surface area contributed by atoms with Gasteiger partial charge in [0.15, 0.2) is 0 Å². The van der Waals surface area contributed by atoms with Crippen LogP contribution in [0, 0.1) is 0 Å². The number of hydrogen-bond acceptors (Lipinski definition) is 4. The van der Waals surface area contributed by atoms with Crippen molar-refractivity contribution in [3.05, 3.63) is 33.8 Å². The Labute approximate surface area is 159 Å². The molecule has 0 bridgehead atoms. The van der Waals surface area contributed by atoms with Gasteiger partial charge in [0.25, 0.3) is 0 Å². The van der Waals surface area contributed by atoms with E-state index in [1.54, 1.807) is 12.1 Å². The molecule has 2 atom stereocenters. The third kappa shape index (κ3) is 4.47. The van der Waals surface area contributed by atoms with E-state index in [1.165, 1.54) is 0 Å². The van der Waals surface area contributed by atoms with Crippen molar-refractivity contribution in [2.45, 2.75) is 24.9 Å².